The number of quaternary nitrogens is 1. The van der Waals surface area contributed by atoms with Crippen LogP contribution in [-0.4, -0.2) is 96.4 Å². The topological polar surface area (TPSA) is 283 Å². The molecule has 246 valence electrons. The highest BCUT2D eigenvalue weighted by Gasteiger charge is 2.54. The number of rotatable bonds is 4. The van der Waals surface area contributed by atoms with Gasteiger partial charge < -0.3 is 50.0 Å². The molecule has 9 atom stereocenters. The highest BCUT2D eigenvalue weighted by Crippen LogP contribution is 2.53. The Kier molecular flexibility index (Phi) is 8.84. The second-order valence-corrected chi connectivity index (χ2v) is 15.6. The Hall–Kier alpha value is -2.50. The number of nitrogens with one attached hydrogen (secondary N) is 1. The van der Waals surface area contributed by atoms with E-state index in [0.29, 0.717) is 11.3 Å². The van der Waals surface area contributed by atoms with Gasteiger partial charge in [-0.2, -0.15) is 15.1 Å². The molecule has 6 heterocycles. The van der Waals surface area contributed by atoms with E-state index in [1.54, 1.807) is 0 Å². The van der Waals surface area contributed by atoms with Crippen molar-refractivity contribution in [2.45, 2.75) is 49.3 Å². The van der Waals surface area contributed by atoms with Crippen molar-refractivity contribution in [1.82, 2.24) is 29.5 Å². The van der Waals surface area contributed by atoms with Crippen molar-refractivity contribution in [2.24, 2.45) is 0 Å². The van der Waals surface area contributed by atoms with E-state index >= 15 is 4.39 Å². The van der Waals surface area contributed by atoms with Gasteiger partial charge in [-0.3, -0.25) is 14.3 Å². The largest absolute Gasteiger partial charge is 0.391 e. The minimum absolute atomic E-state index is 0.120. The summed E-state index contributed by atoms with van der Waals surface area (Å²) < 4.78 is 52.0. The SMILES string of the molecule is C[NH2+]N(c1nc(N)[nH]c(=O)c1N)C1OC2COP(O)(=S)OC3CC(c4cnc5c(N)ncnn45)OC3COP(O)(=S)OC1C2F. The molecule has 25 heteroatoms. The van der Waals surface area contributed by atoms with Crippen LogP contribution < -0.4 is 33.2 Å². The lowest BCUT2D eigenvalue weighted by molar-refractivity contribution is -0.650. The van der Waals surface area contributed by atoms with Crippen molar-refractivity contribution in [3.63, 3.8) is 0 Å². The molecular formula is C20H29FN11O9P2S2+. The second-order valence-electron chi connectivity index (χ2n) is 10.1. The number of H-pyrrole nitrogens is 1. The van der Waals surface area contributed by atoms with E-state index in [-0.39, 0.29) is 29.7 Å². The molecule has 45 heavy (non-hydrogen) atoms. The molecule has 6 rings (SSSR count). The van der Waals surface area contributed by atoms with Crippen molar-refractivity contribution in [3.8, 4) is 0 Å². The van der Waals surface area contributed by atoms with Gasteiger partial charge in [-0.15, -0.1) is 0 Å². The predicted octanol–water partition coefficient (Wildman–Crippen LogP) is -2.29. The second kappa shape index (κ2) is 12.3. The Labute approximate surface area is 262 Å². The molecule has 0 aliphatic carbocycles. The van der Waals surface area contributed by atoms with Crippen LogP contribution in [0.25, 0.3) is 5.65 Å². The number of nitrogen functional groups attached to an aromatic ring is 3. The maximum Gasteiger partial charge on any atom is 0.325 e. The zero-order chi connectivity index (χ0) is 32.3. The first-order valence-electron chi connectivity index (χ1n) is 13.2. The van der Waals surface area contributed by atoms with Crippen molar-refractivity contribution in [2.75, 3.05) is 42.5 Å². The van der Waals surface area contributed by atoms with Gasteiger partial charge in [-0.1, -0.05) is 0 Å². The van der Waals surface area contributed by atoms with Crippen LogP contribution in [-0.2, 0) is 51.2 Å². The summed E-state index contributed by atoms with van der Waals surface area (Å²) in [5.41, 5.74) is 18.6. The first-order valence-corrected chi connectivity index (χ1v) is 18.4. The number of ether oxygens (including phenoxy) is 2. The minimum atomic E-state index is -4.23. The van der Waals surface area contributed by atoms with Crippen molar-refractivity contribution in [1.29, 1.82) is 0 Å². The number of imidazole rings is 1. The third kappa shape index (κ3) is 6.41. The van der Waals surface area contributed by atoms with E-state index in [4.69, 9.17) is 68.4 Å². The summed E-state index contributed by atoms with van der Waals surface area (Å²) in [5, 5.41) is 5.36. The Morgan fingerprint density at radius 2 is 1.82 bits per heavy atom. The van der Waals surface area contributed by atoms with Crippen LogP contribution in [0.2, 0.25) is 0 Å². The van der Waals surface area contributed by atoms with E-state index in [2.05, 4.69) is 25.0 Å². The van der Waals surface area contributed by atoms with Gasteiger partial charge in [0.05, 0.1) is 38.3 Å². The van der Waals surface area contributed by atoms with Gasteiger partial charge in [0.25, 0.3) is 5.56 Å². The number of aromatic nitrogens is 6. The summed E-state index contributed by atoms with van der Waals surface area (Å²) in [6, 6.07) is 0. The number of hydrogen-bond donors (Lipinski definition) is 7. The lowest BCUT2D eigenvalue weighted by Crippen LogP contribution is -2.94. The average Bonchev–Trinajstić information content (AvgIpc) is 3.66. The fraction of sp³-hybridized carbons (Fsp3) is 0.550. The molecule has 3 fully saturated rings. The van der Waals surface area contributed by atoms with Crippen LogP contribution in [0.5, 0.6) is 0 Å². The molecule has 20 nitrogen and oxygen atoms in total. The van der Waals surface area contributed by atoms with E-state index in [0.717, 1.165) is 0 Å². The summed E-state index contributed by atoms with van der Waals surface area (Å²) in [7, 11) is 1.53. The van der Waals surface area contributed by atoms with Crippen LogP contribution in [0, 0.1) is 0 Å². The maximum absolute atomic E-state index is 15.9. The van der Waals surface area contributed by atoms with Gasteiger partial charge in [-0.05, 0) is 23.6 Å². The number of nitrogens with two attached hydrogens (primary N) is 4. The lowest BCUT2D eigenvalue weighted by atomic mass is 10.1. The first-order chi connectivity index (χ1) is 21.3. The molecule has 3 aliphatic heterocycles. The molecular weight excluding hydrogens is 683 g/mol. The number of halogens is 1. The summed E-state index contributed by atoms with van der Waals surface area (Å²) in [6.07, 6.45) is -6.24. The van der Waals surface area contributed by atoms with Gasteiger partial charge in [0, 0.05) is 6.42 Å². The molecule has 3 aromatic heterocycles. The van der Waals surface area contributed by atoms with Gasteiger partial charge in [0.15, 0.2) is 23.7 Å². The maximum atomic E-state index is 15.9. The van der Waals surface area contributed by atoms with Gasteiger partial charge in [0.1, 0.15) is 30.3 Å². The Bertz CT molecular complexity index is 1760. The third-order valence-corrected chi connectivity index (χ3v) is 10.4. The predicted molar refractivity (Wildman–Crippen MR) is 160 cm³/mol. The third-order valence-electron chi connectivity index (χ3n) is 7.23. The fourth-order valence-corrected chi connectivity index (χ4v) is 8.08. The Morgan fingerprint density at radius 3 is 2.56 bits per heavy atom. The number of anilines is 4. The van der Waals surface area contributed by atoms with Crippen molar-refractivity contribution in [3.05, 3.63) is 28.6 Å². The molecule has 3 aromatic rings. The van der Waals surface area contributed by atoms with Crippen LogP contribution in [0.3, 0.4) is 0 Å². The number of aromatic amines is 1. The average molecular weight is 713 g/mol. The first kappa shape index (κ1) is 32.4. The molecule has 3 saturated heterocycles. The fourth-order valence-electron chi connectivity index (χ4n) is 5.20. The summed E-state index contributed by atoms with van der Waals surface area (Å²) in [6.45, 7) is -9.30. The van der Waals surface area contributed by atoms with Crippen LogP contribution in [0.15, 0.2) is 17.3 Å². The van der Waals surface area contributed by atoms with E-state index < -0.39 is 75.1 Å². The molecule has 0 spiro atoms. The number of fused-ring (bicyclic) bond motifs is 4. The summed E-state index contributed by atoms with van der Waals surface area (Å²) >= 11 is 10.5. The quantitative estimate of drug-likeness (QED) is 0.0851. The molecule has 0 saturated carbocycles. The molecule has 0 amide bonds. The Morgan fingerprint density at radius 1 is 1.11 bits per heavy atom. The Balaban J connectivity index is 1.29. The molecule has 3 aliphatic rings. The van der Waals surface area contributed by atoms with E-state index in [9.17, 15) is 14.6 Å². The standard InChI is InChI=1S/C20H28FN11O9P2S2/c1-25-32(16-13(22)18(33)30-20(24)29-16)19-14-12(21)11(39-19)5-37-42(34,44)40-9-2-8(38-10(9)4-36-43(35,45)41-14)7-3-26-17-15(23)27-6-28-31(7)17/h3,6,8-12,14,19,25H,2,4-5,22H2,1H3,(H,34,44)(H,35,45)(H2,23,27,28)(H3,24,29,30,33)/p+1. The summed E-state index contributed by atoms with van der Waals surface area (Å²) in [5.74, 6) is -0.304. The molecule has 2 bridgehead atoms. The van der Waals surface area contributed by atoms with E-state index in [1.807, 2.05) is 0 Å². The van der Waals surface area contributed by atoms with Crippen molar-refractivity contribution >= 4 is 66.0 Å². The van der Waals surface area contributed by atoms with Crippen LogP contribution in [0.4, 0.5) is 27.7 Å². The van der Waals surface area contributed by atoms with Crippen LogP contribution in [0.1, 0.15) is 18.2 Å². The summed E-state index contributed by atoms with van der Waals surface area (Å²) in [4.78, 5) is 48.8. The van der Waals surface area contributed by atoms with Gasteiger partial charge in [0.2, 0.25) is 18.0 Å². The zero-order valence-electron chi connectivity index (χ0n) is 23.2. The minimum Gasteiger partial charge on any atom is -0.391 e. The molecule has 11 N–H and O–H groups in total. The molecule has 0 radical (unpaired) electrons. The van der Waals surface area contributed by atoms with Gasteiger partial charge >= 0.3 is 13.4 Å². The van der Waals surface area contributed by atoms with E-state index in [1.165, 1.54) is 34.5 Å². The zero-order valence-corrected chi connectivity index (χ0v) is 26.6. The number of alkyl halides is 1. The van der Waals surface area contributed by atoms with Crippen molar-refractivity contribution < 1.29 is 47.2 Å². The highest BCUT2D eigenvalue weighted by atomic mass is 32.5. The molecule has 9 unspecified atom stereocenters. The lowest BCUT2D eigenvalue weighted by Gasteiger charge is -2.31. The number of hydrogen-bond acceptors (Lipinski definition) is 17. The van der Waals surface area contributed by atoms with Crippen LogP contribution >= 0.6 is 13.4 Å². The van der Waals surface area contributed by atoms with Gasteiger partial charge in [-0.25, -0.2) is 24.3 Å². The smallest absolute Gasteiger partial charge is 0.325 e. The normalized spacial score (nSPS) is 35.8. The monoisotopic (exact) mass is 712 g/mol. The molecule has 0 aromatic carbocycles. The number of nitrogens with zero attached hydrogens (tertiary/aromatic N) is 6. The highest BCUT2D eigenvalue weighted by molar-refractivity contribution is 8.07.